The number of hydrogen-bond acceptors (Lipinski definition) is 3. The van der Waals surface area contributed by atoms with Gasteiger partial charge < -0.3 is 4.74 Å². The number of rotatable bonds is 9. The molecule has 21 heavy (non-hydrogen) atoms. The van der Waals surface area contributed by atoms with Crippen molar-refractivity contribution >= 4 is 21.6 Å². The van der Waals surface area contributed by atoms with Crippen LogP contribution in [0.25, 0.3) is 0 Å². The third-order valence-electron chi connectivity index (χ3n) is 3.76. The minimum atomic E-state index is -0.361. The molecular formula is C16H24BrNO3. The van der Waals surface area contributed by atoms with Crippen molar-refractivity contribution in [1.29, 1.82) is 0 Å². The first-order valence-corrected chi connectivity index (χ1v) is 8.54. The van der Waals surface area contributed by atoms with Crippen molar-refractivity contribution in [2.75, 3.05) is 11.9 Å². The number of nitrogens with zero attached hydrogens (tertiary/aromatic N) is 1. The number of hydrogen-bond donors (Lipinski definition) is 0. The summed E-state index contributed by atoms with van der Waals surface area (Å²) in [5.74, 6) is 0.373. The molecule has 1 rings (SSSR count). The van der Waals surface area contributed by atoms with E-state index in [-0.39, 0.29) is 16.0 Å². The third-order valence-corrected chi connectivity index (χ3v) is 4.95. The highest BCUT2D eigenvalue weighted by atomic mass is 79.9. The Kier molecular flexibility index (Phi) is 7.15. The van der Waals surface area contributed by atoms with Crippen LogP contribution in [0.2, 0.25) is 0 Å². The molecule has 0 aliphatic rings. The van der Waals surface area contributed by atoms with Crippen LogP contribution >= 0.6 is 15.9 Å². The Bertz CT molecular complexity index is 471. The minimum absolute atomic E-state index is 0.0428. The first-order chi connectivity index (χ1) is 9.99. The lowest BCUT2D eigenvalue weighted by atomic mass is 9.82. The standard InChI is InChI=1S/C16H24BrNO3/c1-4-9-16(11-17,10-5-2)12-21-14-8-6-7-13(3)15(14)18(19)20/h6-8H,4-5,9-12H2,1-3H3. The predicted molar refractivity (Wildman–Crippen MR) is 89.4 cm³/mol. The monoisotopic (exact) mass is 357 g/mol. The van der Waals surface area contributed by atoms with Gasteiger partial charge in [0.25, 0.3) is 0 Å². The van der Waals surface area contributed by atoms with Gasteiger partial charge in [-0.2, -0.15) is 0 Å². The summed E-state index contributed by atoms with van der Waals surface area (Å²) in [5.41, 5.74) is 0.753. The first kappa shape index (κ1) is 18.0. The number of benzene rings is 1. The molecule has 0 aliphatic carbocycles. The Labute approximate surface area is 135 Å². The lowest BCUT2D eigenvalue weighted by Crippen LogP contribution is -2.30. The molecule has 0 saturated carbocycles. The maximum absolute atomic E-state index is 11.2. The topological polar surface area (TPSA) is 52.4 Å². The van der Waals surface area contributed by atoms with Crippen LogP contribution < -0.4 is 4.74 Å². The van der Waals surface area contributed by atoms with Gasteiger partial charge in [0, 0.05) is 16.3 Å². The van der Waals surface area contributed by atoms with E-state index in [4.69, 9.17) is 4.74 Å². The highest BCUT2D eigenvalue weighted by Crippen LogP contribution is 2.36. The molecule has 0 unspecified atom stereocenters. The van der Waals surface area contributed by atoms with E-state index in [9.17, 15) is 10.1 Å². The molecule has 0 aliphatic heterocycles. The largest absolute Gasteiger partial charge is 0.486 e. The molecule has 5 heteroatoms. The summed E-state index contributed by atoms with van der Waals surface area (Å²) >= 11 is 3.60. The fourth-order valence-electron chi connectivity index (χ4n) is 2.72. The molecule has 1 aromatic carbocycles. The van der Waals surface area contributed by atoms with Crippen molar-refractivity contribution in [3.8, 4) is 5.75 Å². The first-order valence-electron chi connectivity index (χ1n) is 7.42. The van der Waals surface area contributed by atoms with Crippen LogP contribution in [-0.4, -0.2) is 16.9 Å². The molecule has 0 heterocycles. The van der Waals surface area contributed by atoms with Gasteiger partial charge in [0.2, 0.25) is 0 Å². The molecule has 1 aromatic rings. The molecule has 0 N–H and O–H groups in total. The average molecular weight is 358 g/mol. The zero-order valence-electron chi connectivity index (χ0n) is 13.0. The Balaban J connectivity index is 2.95. The second-order valence-corrected chi connectivity index (χ2v) is 6.16. The minimum Gasteiger partial charge on any atom is -0.486 e. The Morgan fingerprint density at radius 2 is 1.90 bits per heavy atom. The lowest BCUT2D eigenvalue weighted by molar-refractivity contribution is -0.386. The van der Waals surface area contributed by atoms with E-state index in [0.29, 0.717) is 17.9 Å². The van der Waals surface area contributed by atoms with Crippen LogP contribution in [0.4, 0.5) is 5.69 Å². The zero-order valence-corrected chi connectivity index (χ0v) is 14.6. The lowest BCUT2D eigenvalue weighted by Gasteiger charge is -2.31. The van der Waals surface area contributed by atoms with Crippen LogP contribution in [0.5, 0.6) is 5.75 Å². The molecule has 0 radical (unpaired) electrons. The van der Waals surface area contributed by atoms with Crippen LogP contribution in [0.3, 0.4) is 0 Å². The molecular weight excluding hydrogens is 334 g/mol. The highest BCUT2D eigenvalue weighted by molar-refractivity contribution is 9.09. The molecule has 0 aromatic heterocycles. The van der Waals surface area contributed by atoms with E-state index >= 15 is 0 Å². The Morgan fingerprint density at radius 1 is 1.29 bits per heavy atom. The van der Waals surface area contributed by atoms with Gasteiger partial charge in [-0.15, -0.1) is 0 Å². The SMILES string of the molecule is CCCC(CBr)(CCC)COc1cccc(C)c1[N+](=O)[O-]. The fraction of sp³-hybridized carbons (Fsp3) is 0.625. The molecule has 4 nitrogen and oxygen atoms in total. The van der Waals surface area contributed by atoms with Crippen molar-refractivity contribution < 1.29 is 9.66 Å². The van der Waals surface area contributed by atoms with E-state index in [1.54, 1.807) is 25.1 Å². The van der Waals surface area contributed by atoms with Gasteiger partial charge in [-0.1, -0.05) is 54.8 Å². The Hall–Kier alpha value is -1.10. The summed E-state index contributed by atoms with van der Waals surface area (Å²) in [7, 11) is 0. The number of aryl methyl sites for hydroxylation is 1. The van der Waals surface area contributed by atoms with E-state index in [1.165, 1.54) is 0 Å². The van der Waals surface area contributed by atoms with Gasteiger partial charge in [-0.25, -0.2) is 0 Å². The molecule has 0 amide bonds. The molecule has 118 valence electrons. The quantitative estimate of drug-likeness (QED) is 0.344. The van der Waals surface area contributed by atoms with Crippen LogP contribution in [0, 0.1) is 22.5 Å². The fourth-order valence-corrected chi connectivity index (χ4v) is 3.44. The molecule has 0 atom stereocenters. The molecule has 0 spiro atoms. The summed E-state index contributed by atoms with van der Waals surface area (Å²) in [5, 5.41) is 12.1. The second-order valence-electron chi connectivity index (χ2n) is 5.60. The van der Waals surface area contributed by atoms with E-state index in [1.807, 2.05) is 0 Å². The number of para-hydroxylation sites is 1. The predicted octanol–water partition coefficient (Wildman–Crippen LogP) is 5.26. The van der Waals surface area contributed by atoms with Crippen LogP contribution in [0.15, 0.2) is 18.2 Å². The van der Waals surface area contributed by atoms with Gasteiger partial charge >= 0.3 is 5.69 Å². The Morgan fingerprint density at radius 3 is 2.38 bits per heavy atom. The smallest absolute Gasteiger partial charge is 0.313 e. The molecule has 0 fully saturated rings. The normalized spacial score (nSPS) is 11.4. The van der Waals surface area contributed by atoms with Crippen molar-refractivity contribution in [3.05, 3.63) is 33.9 Å². The van der Waals surface area contributed by atoms with Crippen molar-refractivity contribution in [2.45, 2.75) is 46.5 Å². The van der Waals surface area contributed by atoms with E-state index < -0.39 is 0 Å². The summed E-state index contributed by atoms with van der Waals surface area (Å²) in [6, 6.07) is 5.22. The molecule has 0 saturated heterocycles. The number of alkyl halides is 1. The summed E-state index contributed by atoms with van der Waals surface area (Å²) in [4.78, 5) is 10.8. The van der Waals surface area contributed by atoms with Gasteiger partial charge in [0.15, 0.2) is 5.75 Å². The number of ether oxygens (including phenoxy) is 1. The van der Waals surface area contributed by atoms with Gasteiger partial charge in [-0.05, 0) is 25.8 Å². The number of nitro benzene ring substituents is 1. The maximum atomic E-state index is 11.2. The summed E-state index contributed by atoms with van der Waals surface area (Å²) < 4.78 is 5.87. The second kappa shape index (κ2) is 8.37. The zero-order chi connectivity index (χ0) is 15.9. The van der Waals surface area contributed by atoms with Gasteiger partial charge in [0.1, 0.15) is 0 Å². The number of halogens is 1. The summed E-state index contributed by atoms with van der Waals surface area (Å²) in [6.45, 7) is 6.55. The van der Waals surface area contributed by atoms with Crippen LogP contribution in [-0.2, 0) is 0 Å². The van der Waals surface area contributed by atoms with Crippen molar-refractivity contribution in [1.82, 2.24) is 0 Å². The van der Waals surface area contributed by atoms with Crippen molar-refractivity contribution in [3.63, 3.8) is 0 Å². The molecule has 0 bridgehead atoms. The highest BCUT2D eigenvalue weighted by Gasteiger charge is 2.29. The summed E-state index contributed by atoms with van der Waals surface area (Å²) in [6.07, 6.45) is 4.24. The van der Waals surface area contributed by atoms with Gasteiger partial charge in [-0.3, -0.25) is 10.1 Å². The van der Waals surface area contributed by atoms with E-state index in [0.717, 1.165) is 31.0 Å². The van der Waals surface area contributed by atoms with Crippen molar-refractivity contribution in [2.24, 2.45) is 5.41 Å². The number of nitro groups is 1. The average Bonchev–Trinajstić information content (AvgIpc) is 2.44. The van der Waals surface area contributed by atoms with Gasteiger partial charge in [0.05, 0.1) is 11.5 Å². The maximum Gasteiger partial charge on any atom is 0.313 e. The van der Waals surface area contributed by atoms with Crippen LogP contribution in [0.1, 0.15) is 45.1 Å². The third kappa shape index (κ3) is 4.70. The van der Waals surface area contributed by atoms with E-state index in [2.05, 4.69) is 29.8 Å².